The second-order valence-electron chi connectivity index (χ2n) is 4.64. The van der Waals surface area contributed by atoms with Crippen molar-refractivity contribution in [1.82, 2.24) is 9.38 Å². The Kier molecular flexibility index (Phi) is 3.31. The van der Waals surface area contributed by atoms with Gasteiger partial charge in [-0.25, -0.2) is 4.98 Å². The van der Waals surface area contributed by atoms with Crippen LogP contribution in [0, 0.1) is 6.92 Å². The molecule has 0 radical (unpaired) electrons. The van der Waals surface area contributed by atoms with Crippen molar-refractivity contribution in [2.45, 2.75) is 19.4 Å². The van der Waals surface area contributed by atoms with Crippen LogP contribution in [0.15, 0.2) is 36.0 Å². The first-order valence-corrected chi connectivity index (χ1v) is 7.32. The third-order valence-corrected chi connectivity index (χ3v) is 4.38. The van der Waals surface area contributed by atoms with Gasteiger partial charge in [-0.15, -0.1) is 11.3 Å². The van der Waals surface area contributed by atoms with Gasteiger partial charge in [0, 0.05) is 35.3 Å². The number of aryl methyl sites for hydroxylation is 1. The van der Waals surface area contributed by atoms with E-state index in [0.717, 1.165) is 33.2 Å². The van der Waals surface area contributed by atoms with Crippen molar-refractivity contribution in [3.8, 4) is 0 Å². The topological polar surface area (TPSA) is 43.3 Å². The minimum atomic E-state index is -0.0550. The zero-order valence-electron chi connectivity index (χ0n) is 10.5. The van der Waals surface area contributed by atoms with Crippen molar-refractivity contribution in [3.63, 3.8) is 0 Å². The van der Waals surface area contributed by atoms with E-state index >= 15 is 0 Å². The van der Waals surface area contributed by atoms with E-state index in [9.17, 15) is 0 Å². The molecule has 0 aliphatic rings. The van der Waals surface area contributed by atoms with Gasteiger partial charge in [0.25, 0.3) is 0 Å². The summed E-state index contributed by atoms with van der Waals surface area (Å²) in [5.74, 6) is 0. The summed E-state index contributed by atoms with van der Waals surface area (Å²) in [6.07, 6.45) is 4.78. The summed E-state index contributed by atoms with van der Waals surface area (Å²) >= 11 is 7.66. The highest BCUT2D eigenvalue weighted by molar-refractivity contribution is 7.15. The van der Waals surface area contributed by atoms with Gasteiger partial charge in [0.2, 0.25) is 0 Å². The second kappa shape index (κ2) is 4.96. The smallest absolute Gasteiger partial charge is 0.193 e. The Morgan fingerprint density at radius 3 is 3.05 bits per heavy atom. The molecule has 5 heteroatoms. The number of hydrogen-bond donors (Lipinski definition) is 1. The van der Waals surface area contributed by atoms with Gasteiger partial charge in [-0.2, -0.15) is 0 Å². The zero-order chi connectivity index (χ0) is 13.4. The molecule has 0 saturated carbocycles. The first-order valence-electron chi connectivity index (χ1n) is 6.06. The van der Waals surface area contributed by atoms with Gasteiger partial charge in [0.15, 0.2) is 4.96 Å². The molecule has 2 N–H and O–H groups in total. The lowest BCUT2D eigenvalue weighted by Gasteiger charge is -2.11. The highest BCUT2D eigenvalue weighted by atomic mass is 35.5. The van der Waals surface area contributed by atoms with Crippen molar-refractivity contribution in [2.24, 2.45) is 5.73 Å². The molecule has 98 valence electrons. The van der Waals surface area contributed by atoms with Gasteiger partial charge in [-0.3, -0.25) is 4.40 Å². The molecule has 0 saturated heterocycles. The summed E-state index contributed by atoms with van der Waals surface area (Å²) in [5.41, 5.74) is 9.42. The Balaban J connectivity index is 1.82. The summed E-state index contributed by atoms with van der Waals surface area (Å²) < 4.78 is 2.03. The molecule has 3 rings (SSSR count). The van der Waals surface area contributed by atoms with Crippen molar-refractivity contribution in [1.29, 1.82) is 0 Å². The molecule has 2 aromatic heterocycles. The number of rotatable bonds is 3. The zero-order valence-corrected chi connectivity index (χ0v) is 12.1. The van der Waals surface area contributed by atoms with E-state index in [1.165, 1.54) is 0 Å². The Bertz CT molecular complexity index is 688. The average Bonchev–Trinajstić information content (AvgIpc) is 2.93. The minimum Gasteiger partial charge on any atom is -0.324 e. The van der Waals surface area contributed by atoms with Gasteiger partial charge in [-0.05, 0) is 24.1 Å². The van der Waals surface area contributed by atoms with E-state index in [-0.39, 0.29) is 6.04 Å². The largest absolute Gasteiger partial charge is 0.324 e. The third-order valence-electron chi connectivity index (χ3n) is 3.18. The van der Waals surface area contributed by atoms with Crippen molar-refractivity contribution < 1.29 is 0 Å². The maximum atomic E-state index is 6.25. The quantitative estimate of drug-likeness (QED) is 0.801. The van der Waals surface area contributed by atoms with Crippen LogP contribution < -0.4 is 5.73 Å². The molecule has 1 atom stereocenters. The lowest BCUT2D eigenvalue weighted by Crippen LogP contribution is -2.13. The normalized spacial score (nSPS) is 13.0. The number of hydrogen-bond acceptors (Lipinski definition) is 3. The molecule has 2 heterocycles. The number of halogens is 1. The number of fused-ring (bicyclic) bond motifs is 1. The Morgan fingerprint density at radius 1 is 1.47 bits per heavy atom. The van der Waals surface area contributed by atoms with E-state index < -0.39 is 0 Å². The first kappa shape index (κ1) is 12.7. The summed E-state index contributed by atoms with van der Waals surface area (Å²) in [6.45, 7) is 1.99. The van der Waals surface area contributed by atoms with Crippen LogP contribution in [0.4, 0.5) is 0 Å². The Labute approximate surface area is 120 Å². The van der Waals surface area contributed by atoms with Gasteiger partial charge >= 0.3 is 0 Å². The minimum absolute atomic E-state index is 0.0550. The second-order valence-corrected chi connectivity index (χ2v) is 5.92. The van der Waals surface area contributed by atoms with E-state index in [1.54, 1.807) is 11.3 Å². The Hall–Kier alpha value is -1.36. The van der Waals surface area contributed by atoms with Crippen LogP contribution in [0.5, 0.6) is 0 Å². The van der Waals surface area contributed by atoms with Gasteiger partial charge in [-0.1, -0.05) is 23.7 Å². The number of nitrogens with zero attached hydrogens (tertiary/aromatic N) is 2. The molecule has 0 amide bonds. The maximum Gasteiger partial charge on any atom is 0.193 e. The van der Waals surface area contributed by atoms with E-state index in [2.05, 4.69) is 4.98 Å². The van der Waals surface area contributed by atoms with Crippen molar-refractivity contribution in [3.05, 3.63) is 57.8 Å². The van der Waals surface area contributed by atoms with Gasteiger partial charge < -0.3 is 5.73 Å². The summed E-state index contributed by atoms with van der Waals surface area (Å²) in [4.78, 5) is 5.56. The molecular weight excluding hydrogens is 278 g/mol. The summed E-state index contributed by atoms with van der Waals surface area (Å²) in [6, 6.07) is 5.88. The van der Waals surface area contributed by atoms with Crippen LogP contribution in [0.3, 0.4) is 0 Å². The summed E-state index contributed by atoms with van der Waals surface area (Å²) in [5, 5.41) is 2.80. The molecule has 1 aromatic carbocycles. The molecule has 0 aliphatic heterocycles. The highest BCUT2D eigenvalue weighted by Crippen LogP contribution is 2.22. The fraction of sp³-hybridized carbons (Fsp3) is 0.214. The molecule has 3 nitrogen and oxygen atoms in total. The number of nitrogens with two attached hydrogens (primary N) is 1. The van der Waals surface area contributed by atoms with Gasteiger partial charge in [0.1, 0.15) is 0 Å². The number of imidazole rings is 1. The predicted molar refractivity (Wildman–Crippen MR) is 79.9 cm³/mol. The molecule has 1 unspecified atom stereocenters. The lowest BCUT2D eigenvalue weighted by atomic mass is 10.0. The van der Waals surface area contributed by atoms with Crippen molar-refractivity contribution in [2.75, 3.05) is 0 Å². The maximum absolute atomic E-state index is 6.25. The lowest BCUT2D eigenvalue weighted by molar-refractivity contribution is 0.709. The number of thiazole rings is 1. The fourth-order valence-corrected chi connectivity index (χ4v) is 2.95. The molecule has 3 aromatic rings. The molecule has 0 spiro atoms. The molecule has 0 bridgehead atoms. The first-order chi connectivity index (χ1) is 9.13. The van der Waals surface area contributed by atoms with Crippen LogP contribution in [0.2, 0.25) is 5.02 Å². The van der Waals surface area contributed by atoms with Crippen LogP contribution in [0.1, 0.15) is 22.9 Å². The van der Waals surface area contributed by atoms with Crippen LogP contribution >= 0.6 is 22.9 Å². The molecular formula is C14H14ClN3S. The SMILES string of the molecule is Cc1cc(C(N)Cc2cn3ccsc3n2)ccc1Cl. The van der Waals surface area contributed by atoms with Gasteiger partial charge in [0.05, 0.1) is 5.69 Å². The van der Waals surface area contributed by atoms with E-state index in [1.807, 2.05) is 47.3 Å². The predicted octanol–water partition coefficient (Wildman–Crippen LogP) is 3.60. The number of benzene rings is 1. The highest BCUT2D eigenvalue weighted by Gasteiger charge is 2.11. The average molecular weight is 292 g/mol. The monoisotopic (exact) mass is 291 g/mol. The van der Waals surface area contributed by atoms with Crippen molar-refractivity contribution >= 4 is 27.9 Å². The van der Waals surface area contributed by atoms with Crippen LogP contribution in [-0.2, 0) is 6.42 Å². The molecule has 0 fully saturated rings. The standard InChI is InChI=1S/C14H14ClN3S/c1-9-6-10(2-3-12(9)15)13(16)7-11-8-18-4-5-19-14(18)17-11/h2-6,8,13H,7,16H2,1H3. The Morgan fingerprint density at radius 2 is 2.32 bits per heavy atom. The third kappa shape index (κ3) is 2.52. The van der Waals surface area contributed by atoms with E-state index in [4.69, 9.17) is 17.3 Å². The van der Waals surface area contributed by atoms with Crippen LogP contribution in [0.25, 0.3) is 4.96 Å². The fourth-order valence-electron chi connectivity index (χ4n) is 2.12. The van der Waals surface area contributed by atoms with E-state index in [0.29, 0.717) is 0 Å². The molecule has 0 aliphatic carbocycles. The molecule has 19 heavy (non-hydrogen) atoms. The number of aromatic nitrogens is 2. The summed E-state index contributed by atoms with van der Waals surface area (Å²) in [7, 11) is 0. The van der Waals surface area contributed by atoms with Crippen LogP contribution in [-0.4, -0.2) is 9.38 Å².